The smallest absolute Gasteiger partial charge is 0.322 e. The number of para-hydroxylation sites is 1. The third kappa shape index (κ3) is 6.57. The van der Waals surface area contributed by atoms with Gasteiger partial charge in [-0.05, 0) is 35.9 Å². The molecule has 0 aromatic heterocycles. The molecule has 0 aliphatic heterocycles. The molecule has 5 nitrogen and oxygen atoms in total. The summed E-state index contributed by atoms with van der Waals surface area (Å²) in [6.45, 7) is 3.39. The predicted molar refractivity (Wildman–Crippen MR) is 104 cm³/mol. The highest BCUT2D eigenvalue weighted by molar-refractivity contribution is 7.90. The lowest BCUT2D eigenvalue weighted by Gasteiger charge is -2.12. The number of anilines is 1. The van der Waals surface area contributed by atoms with Crippen molar-refractivity contribution in [2.45, 2.75) is 25.0 Å². The van der Waals surface area contributed by atoms with Crippen LogP contribution in [-0.4, -0.2) is 26.6 Å². The molecule has 0 radical (unpaired) electrons. The maximum Gasteiger partial charge on any atom is 0.337 e. The number of benzene rings is 2. The Labute approximate surface area is 163 Å². The fourth-order valence-electron chi connectivity index (χ4n) is 2.30. The zero-order valence-electron chi connectivity index (χ0n) is 14.6. The highest BCUT2D eigenvalue weighted by Crippen LogP contribution is 2.18. The lowest BCUT2D eigenvalue weighted by molar-refractivity contribution is 0.102. The van der Waals surface area contributed by atoms with E-state index in [1.165, 1.54) is 24.3 Å². The molecule has 0 saturated heterocycles. The first-order valence-electron chi connectivity index (χ1n) is 8.02. The summed E-state index contributed by atoms with van der Waals surface area (Å²) < 4.78 is 47.3. The first-order chi connectivity index (χ1) is 12.3. The number of hydrogen-bond donors (Lipinski definition) is 2. The number of nitrogens with one attached hydrogen (secondary N) is 2. The van der Waals surface area contributed by atoms with Gasteiger partial charge in [0.15, 0.2) is 0 Å². The summed E-state index contributed by atoms with van der Waals surface area (Å²) in [7, 11) is -4.49. The summed E-state index contributed by atoms with van der Waals surface area (Å²) >= 11 is 0. The summed E-state index contributed by atoms with van der Waals surface area (Å²) in [6, 6.07) is 12.9. The second-order valence-electron chi connectivity index (χ2n) is 5.66. The van der Waals surface area contributed by atoms with Crippen molar-refractivity contribution in [2.24, 2.45) is 0 Å². The predicted octanol–water partition coefficient (Wildman–Crippen LogP) is 3.61. The van der Waals surface area contributed by atoms with Crippen molar-refractivity contribution >= 4 is 33.8 Å². The number of rotatable bonds is 8. The second-order valence-corrected chi connectivity index (χ2v) is 7.63. The Morgan fingerprint density at radius 2 is 1.70 bits per heavy atom. The van der Waals surface area contributed by atoms with Crippen LogP contribution >= 0.6 is 12.4 Å². The molecule has 2 aromatic rings. The zero-order chi connectivity index (χ0) is 19.2. The van der Waals surface area contributed by atoms with E-state index in [1.807, 2.05) is 25.1 Å². The molecule has 148 valence electrons. The van der Waals surface area contributed by atoms with Gasteiger partial charge in [-0.25, -0.2) is 8.42 Å². The Morgan fingerprint density at radius 3 is 2.30 bits per heavy atom. The average Bonchev–Trinajstić information content (AvgIpc) is 2.61. The molecule has 0 atom stereocenters. The number of sulfone groups is 1. The molecule has 0 fully saturated rings. The van der Waals surface area contributed by atoms with Crippen LogP contribution in [-0.2, 0) is 22.1 Å². The standard InChI is InChI=1S/C18H20F2N2O3S.ClH/c1-2-21-11-15-5-3-4-6-16(15)22-17(23)14-9-7-13(8-10-14)12-26(24,25)18(19)20;/h3-10,18,21H,2,11-12H2,1H3,(H,22,23);1H. The SMILES string of the molecule is CCNCc1ccccc1NC(=O)c1ccc(CS(=O)(=O)C(F)F)cc1.Cl. The third-order valence-corrected chi connectivity index (χ3v) is 4.97. The van der Waals surface area contributed by atoms with Gasteiger partial charge in [0, 0.05) is 17.8 Å². The molecule has 0 spiro atoms. The monoisotopic (exact) mass is 418 g/mol. The quantitative estimate of drug-likeness (QED) is 0.686. The molecule has 0 saturated carbocycles. The molecule has 2 rings (SSSR count). The van der Waals surface area contributed by atoms with Gasteiger partial charge in [0.1, 0.15) is 0 Å². The fourth-order valence-corrected chi connectivity index (χ4v) is 3.08. The summed E-state index contributed by atoms with van der Waals surface area (Å²) in [5.74, 6) is -4.55. The highest BCUT2D eigenvalue weighted by Gasteiger charge is 2.24. The summed E-state index contributed by atoms with van der Waals surface area (Å²) in [6.07, 6.45) is 0. The van der Waals surface area contributed by atoms with Crippen LogP contribution < -0.4 is 10.6 Å². The maximum absolute atomic E-state index is 12.4. The van der Waals surface area contributed by atoms with Crippen LogP contribution in [0.25, 0.3) is 0 Å². The summed E-state index contributed by atoms with van der Waals surface area (Å²) in [4.78, 5) is 12.4. The van der Waals surface area contributed by atoms with Crippen molar-refractivity contribution in [3.63, 3.8) is 0 Å². The van der Waals surface area contributed by atoms with Gasteiger partial charge in [-0.2, -0.15) is 8.78 Å². The van der Waals surface area contributed by atoms with E-state index in [4.69, 9.17) is 0 Å². The van der Waals surface area contributed by atoms with E-state index in [0.717, 1.165) is 12.1 Å². The van der Waals surface area contributed by atoms with Gasteiger partial charge in [0.2, 0.25) is 9.84 Å². The van der Waals surface area contributed by atoms with Crippen LogP contribution in [0.3, 0.4) is 0 Å². The lowest BCUT2D eigenvalue weighted by Crippen LogP contribution is -2.17. The van der Waals surface area contributed by atoms with Crippen molar-refractivity contribution in [3.8, 4) is 0 Å². The van der Waals surface area contributed by atoms with E-state index in [1.54, 1.807) is 6.07 Å². The number of alkyl halides is 2. The van der Waals surface area contributed by atoms with Crippen molar-refractivity contribution < 1.29 is 22.0 Å². The van der Waals surface area contributed by atoms with Gasteiger partial charge >= 0.3 is 5.76 Å². The molecular weight excluding hydrogens is 398 g/mol. The Balaban J connectivity index is 0.00000364. The Bertz CT molecular complexity index is 859. The number of halogens is 3. The van der Waals surface area contributed by atoms with Crippen LogP contribution in [0, 0.1) is 0 Å². The molecule has 1 amide bonds. The second kappa shape index (κ2) is 10.3. The largest absolute Gasteiger partial charge is 0.337 e. The molecule has 0 aliphatic carbocycles. The first-order valence-corrected chi connectivity index (χ1v) is 9.73. The van der Waals surface area contributed by atoms with E-state index >= 15 is 0 Å². The van der Waals surface area contributed by atoms with Crippen LogP contribution in [0.15, 0.2) is 48.5 Å². The van der Waals surface area contributed by atoms with Crippen molar-refractivity contribution in [1.82, 2.24) is 5.32 Å². The third-order valence-electron chi connectivity index (χ3n) is 3.69. The molecule has 27 heavy (non-hydrogen) atoms. The first kappa shape index (κ1) is 23.0. The van der Waals surface area contributed by atoms with Crippen LogP contribution in [0.5, 0.6) is 0 Å². The Morgan fingerprint density at radius 1 is 1.07 bits per heavy atom. The highest BCUT2D eigenvalue weighted by atomic mass is 35.5. The molecular formula is C18H21ClF2N2O3S. The van der Waals surface area contributed by atoms with Gasteiger partial charge < -0.3 is 10.6 Å². The number of amides is 1. The van der Waals surface area contributed by atoms with Gasteiger partial charge in [-0.1, -0.05) is 37.3 Å². The van der Waals surface area contributed by atoms with E-state index in [-0.39, 0.29) is 23.9 Å². The van der Waals surface area contributed by atoms with E-state index in [2.05, 4.69) is 10.6 Å². The minimum Gasteiger partial charge on any atom is -0.322 e. The number of carbonyl (C=O) groups is 1. The Kier molecular flexibility index (Phi) is 8.81. The van der Waals surface area contributed by atoms with E-state index < -0.39 is 21.3 Å². The van der Waals surface area contributed by atoms with E-state index in [0.29, 0.717) is 17.8 Å². The fraction of sp³-hybridized carbons (Fsp3) is 0.278. The molecule has 0 aliphatic rings. The normalized spacial score (nSPS) is 11.1. The van der Waals surface area contributed by atoms with Gasteiger partial charge in [0.05, 0.1) is 5.75 Å². The maximum atomic E-state index is 12.4. The minimum atomic E-state index is -4.49. The minimum absolute atomic E-state index is 0. The Hall–Kier alpha value is -2.03. The molecule has 0 unspecified atom stereocenters. The van der Waals surface area contributed by atoms with Crippen LogP contribution in [0.4, 0.5) is 14.5 Å². The van der Waals surface area contributed by atoms with Crippen LogP contribution in [0.2, 0.25) is 0 Å². The van der Waals surface area contributed by atoms with Crippen molar-refractivity contribution in [3.05, 3.63) is 65.2 Å². The topological polar surface area (TPSA) is 75.3 Å². The van der Waals surface area contributed by atoms with Crippen LogP contribution in [0.1, 0.15) is 28.4 Å². The van der Waals surface area contributed by atoms with Gasteiger partial charge in [0.25, 0.3) is 5.91 Å². The number of carbonyl (C=O) groups excluding carboxylic acids is 1. The molecule has 0 bridgehead atoms. The van der Waals surface area contributed by atoms with Gasteiger partial charge in [-0.15, -0.1) is 12.4 Å². The lowest BCUT2D eigenvalue weighted by atomic mass is 10.1. The molecule has 9 heteroatoms. The average molecular weight is 419 g/mol. The molecule has 2 aromatic carbocycles. The van der Waals surface area contributed by atoms with Crippen molar-refractivity contribution in [1.29, 1.82) is 0 Å². The zero-order valence-corrected chi connectivity index (χ0v) is 16.2. The summed E-state index contributed by atoms with van der Waals surface area (Å²) in [5.41, 5.74) is 2.11. The summed E-state index contributed by atoms with van der Waals surface area (Å²) in [5, 5.41) is 5.99. The molecule has 0 heterocycles. The number of hydrogen-bond acceptors (Lipinski definition) is 4. The van der Waals surface area contributed by atoms with Crippen molar-refractivity contribution in [2.75, 3.05) is 11.9 Å². The van der Waals surface area contributed by atoms with E-state index in [9.17, 15) is 22.0 Å². The molecule has 2 N–H and O–H groups in total. The van der Waals surface area contributed by atoms with Gasteiger partial charge in [-0.3, -0.25) is 4.79 Å².